The van der Waals surface area contributed by atoms with E-state index in [-0.39, 0.29) is 0 Å². The van der Waals surface area contributed by atoms with Gasteiger partial charge < -0.3 is 0 Å². The SMILES string of the molecule is C=C(SCCCC)[Se][Se]C(=C)SCCCC. The second-order valence-electron chi connectivity index (χ2n) is 3.31. The third kappa shape index (κ3) is 11.7. The molecular weight excluding hydrogens is 366 g/mol. The molecule has 0 aromatic heterocycles. The van der Waals surface area contributed by atoms with Crippen LogP contribution < -0.4 is 0 Å². The Labute approximate surface area is 121 Å². The van der Waals surface area contributed by atoms with Gasteiger partial charge in [0.25, 0.3) is 0 Å². The van der Waals surface area contributed by atoms with Crippen molar-refractivity contribution in [3.8, 4) is 0 Å². The van der Waals surface area contributed by atoms with Crippen molar-refractivity contribution in [1.82, 2.24) is 0 Å². The summed E-state index contributed by atoms with van der Waals surface area (Å²) >= 11 is 5.17. The normalized spacial score (nSPS) is 10.4. The average molecular weight is 388 g/mol. The summed E-state index contributed by atoms with van der Waals surface area (Å²) in [5, 5.41) is 0. The first-order valence-electron chi connectivity index (χ1n) is 5.68. The van der Waals surface area contributed by atoms with Crippen molar-refractivity contribution < 1.29 is 0 Å². The fourth-order valence-corrected chi connectivity index (χ4v) is 11.3. The van der Waals surface area contributed by atoms with E-state index < -0.39 is 0 Å². The van der Waals surface area contributed by atoms with Crippen molar-refractivity contribution in [3.63, 3.8) is 0 Å². The quantitative estimate of drug-likeness (QED) is 0.382. The van der Waals surface area contributed by atoms with Gasteiger partial charge in [0.15, 0.2) is 0 Å². The zero-order chi connectivity index (χ0) is 12.2. The van der Waals surface area contributed by atoms with E-state index in [1.807, 2.05) is 23.5 Å². The molecule has 0 rings (SSSR count). The molecule has 0 saturated heterocycles. The Morgan fingerprint density at radius 2 is 1.25 bits per heavy atom. The molecule has 0 aromatic carbocycles. The molecule has 0 saturated carbocycles. The predicted octanol–water partition coefficient (Wildman–Crippen LogP) is 4.32. The zero-order valence-electron chi connectivity index (χ0n) is 10.3. The fraction of sp³-hybridized carbons (Fsp3) is 0.667. The van der Waals surface area contributed by atoms with E-state index in [2.05, 4.69) is 27.0 Å². The van der Waals surface area contributed by atoms with Gasteiger partial charge in [-0.25, -0.2) is 0 Å². The summed E-state index contributed by atoms with van der Waals surface area (Å²) in [4.78, 5) is 0. The molecule has 0 fully saturated rings. The summed E-state index contributed by atoms with van der Waals surface area (Å²) in [5.74, 6) is 2.51. The van der Waals surface area contributed by atoms with Crippen LogP contribution in [0.4, 0.5) is 0 Å². The van der Waals surface area contributed by atoms with Gasteiger partial charge in [-0.3, -0.25) is 0 Å². The van der Waals surface area contributed by atoms with Crippen LogP contribution in [0.15, 0.2) is 20.8 Å². The second kappa shape index (κ2) is 12.7. The van der Waals surface area contributed by atoms with Gasteiger partial charge in [0.1, 0.15) is 0 Å². The molecule has 94 valence electrons. The van der Waals surface area contributed by atoms with Gasteiger partial charge in [-0.1, -0.05) is 0 Å². The average Bonchev–Trinajstić information content (AvgIpc) is 2.27. The molecule has 0 heterocycles. The van der Waals surface area contributed by atoms with Crippen molar-refractivity contribution in [2.45, 2.75) is 39.5 Å². The Hall–Kier alpha value is 1.22. The van der Waals surface area contributed by atoms with Crippen LogP contribution in [-0.2, 0) is 0 Å². The van der Waals surface area contributed by atoms with Crippen molar-refractivity contribution in [2.75, 3.05) is 11.5 Å². The summed E-state index contributed by atoms with van der Waals surface area (Å²) in [6.07, 6.45) is 5.22. The molecule has 4 heteroatoms. The van der Waals surface area contributed by atoms with Crippen LogP contribution in [0.25, 0.3) is 0 Å². The molecule has 0 nitrogen and oxygen atoms in total. The number of hydrogen-bond acceptors (Lipinski definition) is 2. The number of unbranched alkanes of at least 4 members (excludes halogenated alkanes) is 2. The Morgan fingerprint density at radius 1 is 0.875 bits per heavy atom. The van der Waals surface area contributed by atoms with Crippen LogP contribution in [-0.4, -0.2) is 37.8 Å². The summed E-state index contributed by atoms with van der Waals surface area (Å²) in [6, 6.07) is 0. The molecule has 0 atom stereocenters. The van der Waals surface area contributed by atoms with E-state index in [4.69, 9.17) is 0 Å². The van der Waals surface area contributed by atoms with Gasteiger partial charge in [0, 0.05) is 0 Å². The molecule has 0 aliphatic heterocycles. The zero-order valence-corrected chi connectivity index (χ0v) is 15.3. The minimum absolute atomic E-state index is 0.613. The minimum atomic E-state index is 0.613. The van der Waals surface area contributed by atoms with E-state index >= 15 is 0 Å². The van der Waals surface area contributed by atoms with Crippen LogP contribution in [0.5, 0.6) is 0 Å². The fourth-order valence-electron chi connectivity index (χ4n) is 0.802. The molecule has 0 radical (unpaired) electrons. The van der Waals surface area contributed by atoms with E-state index in [1.54, 1.807) is 0 Å². The molecule has 0 bridgehead atoms. The second-order valence-corrected chi connectivity index (χ2v) is 13.3. The summed E-state index contributed by atoms with van der Waals surface area (Å²) < 4.78 is 2.83. The Morgan fingerprint density at radius 3 is 1.56 bits per heavy atom. The Bertz CT molecular complexity index is 183. The van der Waals surface area contributed by atoms with Gasteiger partial charge in [-0.05, 0) is 0 Å². The summed E-state index contributed by atoms with van der Waals surface area (Å²) in [7, 11) is 0. The number of rotatable bonds is 11. The van der Waals surface area contributed by atoms with Gasteiger partial charge in [0.05, 0.1) is 0 Å². The first kappa shape index (κ1) is 17.2. The monoisotopic (exact) mass is 390 g/mol. The topological polar surface area (TPSA) is 0 Å². The van der Waals surface area contributed by atoms with Crippen LogP contribution in [0.2, 0.25) is 0 Å². The van der Waals surface area contributed by atoms with Crippen LogP contribution in [0, 0.1) is 0 Å². The first-order valence-corrected chi connectivity index (χ1v) is 13.7. The van der Waals surface area contributed by atoms with Crippen molar-refractivity contribution in [1.29, 1.82) is 0 Å². The Kier molecular flexibility index (Phi) is 13.6. The molecule has 16 heavy (non-hydrogen) atoms. The van der Waals surface area contributed by atoms with Gasteiger partial charge in [-0.2, -0.15) is 0 Å². The van der Waals surface area contributed by atoms with Crippen molar-refractivity contribution >= 4 is 49.8 Å². The molecule has 0 spiro atoms. The molecule has 0 aliphatic rings. The molecule has 0 unspecified atom stereocenters. The number of hydrogen-bond donors (Lipinski definition) is 0. The predicted molar refractivity (Wildman–Crippen MR) is 84.5 cm³/mol. The van der Waals surface area contributed by atoms with Gasteiger partial charge in [-0.15, -0.1) is 0 Å². The van der Waals surface area contributed by atoms with Gasteiger partial charge >= 0.3 is 122 Å². The van der Waals surface area contributed by atoms with Crippen LogP contribution >= 0.6 is 23.5 Å². The van der Waals surface area contributed by atoms with Crippen molar-refractivity contribution in [2.24, 2.45) is 0 Å². The molecule has 0 amide bonds. The molecule has 0 N–H and O–H groups in total. The third-order valence-electron chi connectivity index (χ3n) is 1.75. The summed E-state index contributed by atoms with van der Waals surface area (Å²) in [6.45, 7) is 12.8. The molecule has 0 aromatic rings. The van der Waals surface area contributed by atoms with Gasteiger partial charge in [0.2, 0.25) is 0 Å². The maximum atomic E-state index is 4.15. The first-order chi connectivity index (χ1) is 7.70. The molecular formula is C12H22S2Se2. The van der Waals surface area contributed by atoms with E-state index in [0.717, 1.165) is 0 Å². The van der Waals surface area contributed by atoms with Crippen molar-refractivity contribution in [3.05, 3.63) is 20.8 Å². The van der Waals surface area contributed by atoms with E-state index in [0.29, 0.717) is 26.3 Å². The summed E-state index contributed by atoms with van der Waals surface area (Å²) in [5.41, 5.74) is 0. The maximum absolute atomic E-state index is 4.15. The Balaban J connectivity index is 3.40. The van der Waals surface area contributed by atoms with E-state index in [1.165, 1.54) is 44.8 Å². The third-order valence-corrected chi connectivity index (χ3v) is 14.5. The standard InChI is InChI=1S/C12H22S2Se2/c1-5-7-9-13-11(3)15-16-12(4)14-10-8-6-2/h3-10H2,1-2H3. The van der Waals surface area contributed by atoms with E-state index in [9.17, 15) is 0 Å². The molecule has 0 aliphatic carbocycles. The van der Waals surface area contributed by atoms with Crippen LogP contribution in [0.3, 0.4) is 0 Å². The van der Waals surface area contributed by atoms with Crippen LogP contribution in [0.1, 0.15) is 39.5 Å². The number of thioether (sulfide) groups is 2.